The summed E-state index contributed by atoms with van der Waals surface area (Å²) in [6.07, 6.45) is 0. The summed E-state index contributed by atoms with van der Waals surface area (Å²) in [6.45, 7) is 5.10. The highest BCUT2D eigenvalue weighted by Crippen LogP contribution is 2.17. The lowest BCUT2D eigenvalue weighted by Gasteiger charge is -2.16. The molecule has 2 aromatic rings. The Kier molecular flexibility index (Phi) is 4.00. The summed E-state index contributed by atoms with van der Waals surface area (Å²) < 4.78 is 0. The van der Waals surface area contributed by atoms with E-state index in [0.717, 1.165) is 6.54 Å². The van der Waals surface area contributed by atoms with Crippen molar-refractivity contribution >= 4 is 0 Å². The predicted octanol–water partition coefficient (Wildman–Crippen LogP) is 3.55. The van der Waals surface area contributed by atoms with Gasteiger partial charge in [0.15, 0.2) is 0 Å². The van der Waals surface area contributed by atoms with Crippen LogP contribution >= 0.6 is 0 Å². The maximum Gasteiger partial charge on any atom is 0.115 e. The second-order valence-corrected chi connectivity index (χ2v) is 4.63. The van der Waals surface area contributed by atoms with E-state index < -0.39 is 0 Å². The van der Waals surface area contributed by atoms with Crippen molar-refractivity contribution in [2.24, 2.45) is 0 Å². The molecule has 0 aliphatic carbocycles. The lowest BCUT2D eigenvalue weighted by atomic mass is 10.0. The van der Waals surface area contributed by atoms with Crippen molar-refractivity contribution in [1.82, 2.24) is 5.32 Å². The van der Waals surface area contributed by atoms with Gasteiger partial charge in [-0.3, -0.25) is 0 Å². The van der Waals surface area contributed by atoms with Gasteiger partial charge in [-0.1, -0.05) is 36.4 Å². The highest BCUT2D eigenvalue weighted by atomic mass is 16.3. The molecule has 1 atom stereocenters. The molecule has 94 valence electrons. The van der Waals surface area contributed by atoms with Crippen LogP contribution in [0.25, 0.3) is 0 Å². The van der Waals surface area contributed by atoms with E-state index in [9.17, 15) is 5.11 Å². The third kappa shape index (κ3) is 3.11. The molecule has 0 saturated carbocycles. The van der Waals surface area contributed by atoms with Crippen LogP contribution < -0.4 is 5.32 Å². The van der Waals surface area contributed by atoms with Crippen molar-refractivity contribution in [3.05, 3.63) is 65.2 Å². The molecular formula is C16H19NO. The van der Waals surface area contributed by atoms with E-state index in [4.69, 9.17) is 0 Å². The van der Waals surface area contributed by atoms with E-state index in [0.29, 0.717) is 11.8 Å². The zero-order chi connectivity index (χ0) is 13.0. The Balaban J connectivity index is 1.98. The second kappa shape index (κ2) is 5.69. The van der Waals surface area contributed by atoms with E-state index in [-0.39, 0.29) is 0 Å². The highest BCUT2D eigenvalue weighted by Gasteiger charge is 2.06. The minimum absolute atomic E-state index is 0.311. The van der Waals surface area contributed by atoms with Gasteiger partial charge < -0.3 is 10.4 Å². The van der Waals surface area contributed by atoms with Gasteiger partial charge in [-0.05, 0) is 42.7 Å². The normalized spacial score (nSPS) is 12.3. The first-order chi connectivity index (χ1) is 8.66. The van der Waals surface area contributed by atoms with Gasteiger partial charge in [-0.2, -0.15) is 0 Å². The number of benzene rings is 2. The van der Waals surface area contributed by atoms with Gasteiger partial charge in [-0.15, -0.1) is 0 Å². The molecule has 0 radical (unpaired) electrons. The Hall–Kier alpha value is -1.80. The summed E-state index contributed by atoms with van der Waals surface area (Å²) >= 11 is 0. The van der Waals surface area contributed by atoms with Gasteiger partial charge in [0, 0.05) is 12.6 Å². The van der Waals surface area contributed by atoms with Crippen molar-refractivity contribution in [3.63, 3.8) is 0 Å². The maximum absolute atomic E-state index is 9.23. The molecule has 0 aromatic heterocycles. The van der Waals surface area contributed by atoms with Crippen LogP contribution in [0.5, 0.6) is 5.75 Å². The summed E-state index contributed by atoms with van der Waals surface area (Å²) in [5.74, 6) is 0.311. The maximum atomic E-state index is 9.23. The number of hydrogen-bond acceptors (Lipinski definition) is 2. The van der Waals surface area contributed by atoms with E-state index in [1.807, 2.05) is 12.1 Å². The summed E-state index contributed by atoms with van der Waals surface area (Å²) in [4.78, 5) is 0. The number of aromatic hydroxyl groups is 1. The molecule has 0 bridgehead atoms. The summed E-state index contributed by atoms with van der Waals surface area (Å²) in [6, 6.07) is 16.1. The highest BCUT2D eigenvalue weighted by molar-refractivity contribution is 5.29. The Morgan fingerprint density at radius 3 is 2.39 bits per heavy atom. The van der Waals surface area contributed by atoms with Gasteiger partial charge >= 0.3 is 0 Å². The largest absolute Gasteiger partial charge is 0.508 e. The molecule has 2 N–H and O–H groups in total. The zero-order valence-corrected chi connectivity index (χ0v) is 10.9. The molecular weight excluding hydrogens is 222 g/mol. The van der Waals surface area contributed by atoms with Crippen molar-refractivity contribution in [2.75, 3.05) is 0 Å². The van der Waals surface area contributed by atoms with Crippen molar-refractivity contribution in [2.45, 2.75) is 26.4 Å². The molecule has 2 nitrogen and oxygen atoms in total. The fraction of sp³-hybridized carbons (Fsp3) is 0.250. The topological polar surface area (TPSA) is 32.3 Å². The van der Waals surface area contributed by atoms with Crippen LogP contribution in [-0.4, -0.2) is 5.11 Å². The first-order valence-electron chi connectivity index (χ1n) is 6.23. The predicted molar refractivity (Wildman–Crippen MR) is 74.5 cm³/mol. The van der Waals surface area contributed by atoms with E-state index >= 15 is 0 Å². The van der Waals surface area contributed by atoms with Crippen molar-refractivity contribution in [3.8, 4) is 5.75 Å². The van der Waals surface area contributed by atoms with Crippen LogP contribution in [0.3, 0.4) is 0 Å². The average molecular weight is 241 g/mol. The fourth-order valence-corrected chi connectivity index (χ4v) is 2.07. The molecule has 0 fully saturated rings. The van der Waals surface area contributed by atoms with Gasteiger partial charge in [0.1, 0.15) is 5.75 Å². The Morgan fingerprint density at radius 1 is 1.06 bits per heavy atom. The summed E-state index contributed by atoms with van der Waals surface area (Å²) in [5, 5.41) is 12.7. The van der Waals surface area contributed by atoms with Crippen LogP contribution in [0.15, 0.2) is 48.5 Å². The number of aryl methyl sites for hydroxylation is 1. The second-order valence-electron chi connectivity index (χ2n) is 4.63. The average Bonchev–Trinajstić information content (AvgIpc) is 2.38. The van der Waals surface area contributed by atoms with Crippen LogP contribution in [0.4, 0.5) is 0 Å². The standard InChI is InChI=1S/C16H19NO/c1-12-5-3-4-6-16(12)13(2)17-11-14-7-9-15(18)10-8-14/h3-10,13,17-18H,11H2,1-2H3. The summed E-state index contributed by atoms with van der Waals surface area (Å²) in [7, 11) is 0. The van der Waals surface area contributed by atoms with Gasteiger partial charge in [0.2, 0.25) is 0 Å². The first-order valence-corrected chi connectivity index (χ1v) is 6.23. The lowest BCUT2D eigenvalue weighted by molar-refractivity contribution is 0.474. The molecule has 0 heterocycles. The molecule has 0 aliphatic rings. The number of phenolic OH excluding ortho intramolecular Hbond substituents is 1. The Bertz CT molecular complexity index is 505. The van der Waals surface area contributed by atoms with Crippen LogP contribution in [0.1, 0.15) is 29.7 Å². The monoisotopic (exact) mass is 241 g/mol. The third-order valence-corrected chi connectivity index (χ3v) is 3.20. The molecule has 2 rings (SSSR count). The molecule has 0 spiro atoms. The van der Waals surface area contributed by atoms with Crippen molar-refractivity contribution < 1.29 is 5.11 Å². The Morgan fingerprint density at radius 2 is 1.72 bits per heavy atom. The number of hydrogen-bond donors (Lipinski definition) is 2. The third-order valence-electron chi connectivity index (χ3n) is 3.20. The van der Waals surface area contributed by atoms with Crippen molar-refractivity contribution in [1.29, 1.82) is 0 Å². The van der Waals surface area contributed by atoms with Crippen LogP contribution in [0, 0.1) is 6.92 Å². The number of nitrogens with one attached hydrogen (secondary N) is 1. The smallest absolute Gasteiger partial charge is 0.115 e. The van der Waals surface area contributed by atoms with Gasteiger partial charge in [0.25, 0.3) is 0 Å². The number of rotatable bonds is 4. The molecule has 1 unspecified atom stereocenters. The molecule has 0 aliphatic heterocycles. The van der Waals surface area contributed by atoms with Crippen LogP contribution in [-0.2, 0) is 6.54 Å². The minimum Gasteiger partial charge on any atom is -0.508 e. The Labute approximate surface area is 108 Å². The molecule has 0 saturated heterocycles. The minimum atomic E-state index is 0.311. The van der Waals surface area contributed by atoms with E-state index in [1.165, 1.54) is 16.7 Å². The summed E-state index contributed by atoms with van der Waals surface area (Å²) in [5.41, 5.74) is 3.81. The molecule has 18 heavy (non-hydrogen) atoms. The molecule has 2 heteroatoms. The quantitative estimate of drug-likeness (QED) is 0.858. The fourth-order valence-electron chi connectivity index (χ4n) is 2.07. The molecule has 2 aromatic carbocycles. The first kappa shape index (κ1) is 12.7. The van der Waals surface area contributed by atoms with Gasteiger partial charge in [-0.25, -0.2) is 0 Å². The molecule has 0 amide bonds. The SMILES string of the molecule is Cc1ccccc1C(C)NCc1ccc(O)cc1. The zero-order valence-electron chi connectivity index (χ0n) is 10.9. The van der Waals surface area contributed by atoms with E-state index in [2.05, 4.69) is 43.4 Å². The van der Waals surface area contributed by atoms with E-state index in [1.54, 1.807) is 12.1 Å². The van der Waals surface area contributed by atoms with Gasteiger partial charge in [0.05, 0.1) is 0 Å². The lowest BCUT2D eigenvalue weighted by Crippen LogP contribution is -2.18. The number of phenols is 1. The van der Waals surface area contributed by atoms with Crippen LogP contribution in [0.2, 0.25) is 0 Å².